The van der Waals surface area contributed by atoms with E-state index in [-0.39, 0.29) is 0 Å². The predicted octanol–water partition coefficient (Wildman–Crippen LogP) is 1.92. The second-order valence-corrected chi connectivity index (χ2v) is 9.26. The molecule has 0 radical (unpaired) electrons. The van der Waals surface area contributed by atoms with Gasteiger partial charge in [-0.1, -0.05) is 121 Å². The Morgan fingerprint density at radius 1 is 0.386 bits per heavy atom. The van der Waals surface area contributed by atoms with Gasteiger partial charge in [0.15, 0.2) is 0 Å². The lowest BCUT2D eigenvalue weighted by atomic mass is 10.0. The maximum absolute atomic E-state index is 11.8. The van der Waals surface area contributed by atoms with Gasteiger partial charge in [0.05, 0.1) is 13.2 Å². The Morgan fingerprint density at radius 3 is 0.727 bits per heavy atom. The summed E-state index contributed by atoms with van der Waals surface area (Å²) in [6, 6.07) is 34.3. The minimum atomic E-state index is -1.67. The molecule has 4 rings (SSSR count). The van der Waals surface area contributed by atoms with E-state index in [2.05, 4.69) is 0 Å². The zero-order valence-corrected chi connectivity index (χ0v) is 23.6. The molecule has 4 unspecified atom stereocenters. The van der Waals surface area contributed by atoms with E-state index in [1.165, 1.54) is 0 Å². The molecule has 10 heteroatoms. The number of carbonyl (C=O) groups is 4. The third-order valence-electron chi connectivity index (χ3n) is 6.07. The topological polar surface area (TPSA) is 190 Å². The van der Waals surface area contributed by atoms with Crippen molar-refractivity contribution in [2.45, 2.75) is 24.4 Å². The van der Waals surface area contributed by atoms with Crippen LogP contribution in [0.1, 0.15) is 41.4 Å². The molecule has 0 amide bonds. The molecule has 44 heavy (non-hydrogen) atoms. The normalized spacial score (nSPS) is 13.0. The number of aliphatic hydroxyl groups is 6. The molecule has 0 saturated carbocycles. The van der Waals surface area contributed by atoms with E-state index in [1.54, 1.807) is 97.1 Å². The zero-order valence-electron chi connectivity index (χ0n) is 23.6. The molecule has 6 N–H and O–H groups in total. The first kappa shape index (κ1) is 35.5. The zero-order chi connectivity index (χ0) is 32.5. The van der Waals surface area contributed by atoms with Crippen molar-refractivity contribution in [2.24, 2.45) is 0 Å². The Bertz CT molecular complexity index is 1230. The average Bonchev–Trinajstić information content (AvgIpc) is 3.11. The van der Waals surface area contributed by atoms with Crippen molar-refractivity contribution in [3.8, 4) is 0 Å². The molecule has 4 aromatic carbocycles. The lowest BCUT2D eigenvalue weighted by molar-refractivity contribution is -0.123. The van der Waals surface area contributed by atoms with Gasteiger partial charge in [0.2, 0.25) is 23.1 Å². The van der Waals surface area contributed by atoms with Crippen LogP contribution in [0.5, 0.6) is 0 Å². The molecule has 0 aromatic heterocycles. The molecule has 0 aliphatic carbocycles. The van der Waals surface area contributed by atoms with Gasteiger partial charge in [-0.05, 0) is 0 Å². The highest BCUT2D eigenvalue weighted by atomic mass is 16.4. The van der Waals surface area contributed by atoms with Crippen LogP contribution in [-0.2, 0) is 0 Å². The predicted molar refractivity (Wildman–Crippen MR) is 161 cm³/mol. The summed E-state index contributed by atoms with van der Waals surface area (Å²) in [6.45, 7) is -1.45. The summed E-state index contributed by atoms with van der Waals surface area (Å²) in [4.78, 5) is 47.2. The quantitative estimate of drug-likeness (QED) is 0.109. The van der Waals surface area contributed by atoms with E-state index in [1.807, 2.05) is 24.3 Å². The highest BCUT2D eigenvalue weighted by Gasteiger charge is 2.29. The number of carbonyl (C=O) groups excluding carboxylic acids is 4. The minimum Gasteiger partial charge on any atom is -0.394 e. The molecule has 10 nitrogen and oxygen atoms in total. The van der Waals surface area contributed by atoms with Crippen LogP contribution in [0.25, 0.3) is 0 Å². The summed E-state index contributed by atoms with van der Waals surface area (Å²) in [5, 5.41) is 52.2. The molecular formula is C34H34O10. The van der Waals surface area contributed by atoms with Crippen molar-refractivity contribution in [1.29, 1.82) is 0 Å². The van der Waals surface area contributed by atoms with Crippen LogP contribution in [0.15, 0.2) is 121 Å². The van der Waals surface area contributed by atoms with E-state index >= 15 is 0 Å². The van der Waals surface area contributed by atoms with Gasteiger partial charge in [0.25, 0.3) is 0 Å². The average molecular weight is 603 g/mol. The SMILES string of the molecule is O=C(C(=O)c1ccccc1)c1ccccc1.O=C(C(=O)c1ccccc1)c1ccccc1.OCC(O)C(O)C(O)C(O)CO. The van der Waals surface area contributed by atoms with Gasteiger partial charge in [-0.25, -0.2) is 0 Å². The molecule has 0 spiro atoms. The number of Topliss-reactive ketones (excluding diaryl/α,β-unsaturated/α-hetero) is 4. The van der Waals surface area contributed by atoms with Crippen LogP contribution in [0.2, 0.25) is 0 Å². The maximum atomic E-state index is 11.8. The van der Waals surface area contributed by atoms with Gasteiger partial charge in [0.1, 0.15) is 24.4 Å². The van der Waals surface area contributed by atoms with Gasteiger partial charge in [-0.15, -0.1) is 0 Å². The molecule has 0 aliphatic heterocycles. The fraction of sp³-hybridized carbons (Fsp3) is 0.176. The smallest absolute Gasteiger partial charge is 0.233 e. The minimum absolute atomic E-state index is 0.427. The van der Waals surface area contributed by atoms with E-state index in [0.29, 0.717) is 22.3 Å². The number of ketones is 4. The number of benzene rings is 4. The molecule has 0 heterocycles. The van der Waals surface area contributed by atoms with Gasteiger partial charge >= 0.3 is 0 Å². The molecule has 0 saturated heterocycles. The molecule has 230 valence electrons. The van der Waals surface area contributed by atoms with E-state index in [0.717, 1.165) is 0 Å². The monoisotopic (exact) mass is 602 g/mol. The molecule has 0 bridgehead atoms. The van der Waals surface area contributed by atoms with Crippen LogP contribution >= 0.6 is 0 Å². The van der Waals surface area contributed by atoms with Crippen molar-refractivity contribution in [3.63, 3.8) is 0 Å². The molecule has 4 atom stereocenters. The van der Waals surface area contributed by atoms with Crippen LogP contribution in [0, 0.1) is 0 Å². The molecule has 4 aromatic rings. The Labute approximate surface area is 254 Å². The number of rotatable bonds is 11. The van der Waals surface area contributed by atoms with Gasteiger partial charge < -0.3 is 30.6 Å². The molecular weight excluding hydrogens is 568 g/mol. The summed E-state index contributed by atoms with van der Waals surface area (Å²) in [5.74, 6) is -1.86. The highest BCUT2D eigenvalue weighted by Crippen LogP contribution is 2.09. The van der Waals surface area contributed by atoms with E-state index in [4.69, 9.17) is 30.6 Å². The highest BCUT2D eigenvalue weighted by molar-refractivity contribution is 6.49. The standard InChI is InChI=1S/2C14H10O2.C6H14O6/c2*15-13(11-7-3-1-4-8-11)14(16)12-9-5-2-6-10-12;7-1-3(9)5(11)6(12)4(10)2-8/h2*1-10H;3-12H,1-2H2. The first-order chi connectivity index (χ1) is 21.1. The van der Waals surface area contributed by atoms with Gasteiger partial charge in [-0.3, -0.25) is 19.2 Å². The van der Waals surface area contributed by atoms with Crippen LogP contribution in [-0.4, -0.2) is 91.4 Å². The van der Waals surface area contributed by atoms with E-state index in [9.17, 15) is 19.2 Å². The third kappa shape index (κ3) is 10.9. The summed E-state index contributed by atoms with van der Waals surface area (Å²) in [5.41, 5.74) is 1.71. The number of aliphatic hydroxyl groups excluding tert-OH is 6. The largest absolute Gasteiger partial charge is 0.394 e. The van der Waals surface area contributed by atoms with Crippen molar-refractivity contribution in [1.82, 2.24) is 0 Å². The number of hydrogen-bond acceptors (Lipinski definition) is 10. The van der Waals surface area contributed by atoms with Crippen LogP contribution in [0.3, 0.4) is 0 Å². The fourth-order valence-electron chi connectivity index (χ4n) is 3.55. The van der Waals surface area contributed by atoms with E-state index < -0.39 is 60.8 Å². The first-order valence-electron chi connectivity index (χ1n) is 13.4. The van der Waals surface area contributed by atoms with Crippen molar-refractivity contribution in [3.05, 3.63) is 144 Å². The van der Waals surface area contributed by atoms with Gasteiger partial charge in [0, 0.05) is 22.3 Å². The summed E-state index contributed by atoms with van der Waals surface area (Å²) in [6.07, 6.45) is -6.39. The Morgan fingerprint density at radius 2 is 0.568 bits per heavy atom. The molecule has 0 aliphatic rings. The van der Waals surface area contributed by atoms with Crippen molar-refractivity contribution in [2.75, 3.05) is 13.2 Å². The fourth-order valence-corrected chi connectivity index (χ4v) is 3.55. The second kappa shape index (κ2) is 18.8. The maximum Gasteiger partial charge on any atom is 0.233 e. The Balaban J connectivity index is 0.000000234. The van der Waals surface area contributed by atoms with Crippen LogP contribution < -0.4 is 0 Å². The summed E-state index contributed by atoms with van der Waals surface area (Å²) >= 11 is 0. The second-order valence-electron chi connectivity index (χ2n) is 9.26. The Hall–Kier alpha value is -4.68. The van der Waals surface area contributed by atoms with Crippen molar-refractivity contribution >= 4 is 23.1 Å². The van der Waals surface area contributed by atoms with Crippen molar-refractivity contribution < 1.29 is 49.8 Å². The van der Waals surface area contributed by atoms with Crippen LogP contribution in [0.4, 0.5) is 0 Å². The lowest BCUT2D eigenvalue weighted by Gasteiger charge is -2.24. The summed E-state index contributed by atoms with van der Waals surface area (Å²) < 4.78 is 0. The lowest BCUT2D eigenvalue weighted by Crippen LogP contribution is -2.46. The van der Waals surface area contributed by atoms with Gasteiger partial charge in [-0.2, -0.15) is 0 Å². The first-order valence-corrected chi connectivity index (χ1v) is 13.4. The summed E-state index contributed by atoms with van der Waals surface area (Å²) in [7, 11) is 0. The third-order valence-corrected chi connectivity index (χ3v) is 6.07. The Kier molecular flexibility index (Phi) is 15.2. The molecule has 0 fully saturated rings. The number of hydrogen-bond donors (Lipinski definition) is 6.